The fourth-order valence-electron chi connectivity index (χ4n) is 2.79. The van der Waals surface area contributed by atoms with E-state index in [-0.39, 0.29) is 18.0 Å². The Morgan fingerprint density at radius 2 is 2.00 bits per heavy atom. The number of amides is 1. The molecule has 1 fully saturated rings. The number of hydrogen-bond donors (Lipinski definition) is 2. The van der Waals surface area contributed by atoms with Gasteiger partial charge in [0.25, 0.3) is 0 Å². The molecule has 2 unspecified atom stereocenters. The Morgan fingerprint density at radius 3 is 2.67 bits per heavy atom. The van der Waals surface area contributed by atoms with Crippen molar-refractivity contribution in [2.75, 3.05) is 13.1 Å². The molecule has 2 rings (SSSR count). The maximum atomic E-state index is 11.9. The molecule has 1 amide bonds. The maximum absolute atomic E-state index is 11.9. The van der Waals surface area contributed by atoms with Gasteiger partial charge in [0.1, 0.15) is 0 Å². The number of hydrogen-bond acceptors (Lipinski definition) is 3. The lowest BCUT2D eigenvalue weighted by atomic mass is 10.2. The highest BCUT2D eigenvalue weighted by molar-refractivity contribution is 5.81. The molecule has 0 radical (unpaired) electrons. The smallest absolute Gasteiger partial charge is 0.237 e. The number of carbonyl (C=O) groups is 1. The zero-order chi connectivity index (χ0) is 15.2. The summed E-state index contributed by atoms with van der Waals surface area (Å²) in [5, 5.41) is 6.40. The van der Waals surface area contributed by atoms with E-state index in [1.807, 2.05) is 26.8 Å². The lowest BCUT2D eigenvalue weighted by Gasteiger charge is -2.21. The first-order valence-electron chi connectivity index (χ1n) is 7.87. The van der Waals surface area contributed by atoms with E-state index < -0.39 is 0 Å². The van der Waals surface area contributed by atoms with Crippen molar-refractivity contribution in [3.8, 4) is 0 Å². The highest BCUT2D eigenvalue weighted by Gasteiger charge is 2.25. The first-order chi connectivity index (χ1) is 10.0. The first kappa shape index (κ1) is 16.0. The molecule has 2 atom stereocenters. The molecule has 1 saturated heterocycles. The van der Waals surface area contributed by atoms with Crippen LogP contribution in [0.25, 0.3) is 0 Å². The molecule has 0 aliphatic carbocycles. The van der Waals surface area contributed by atoms with Crippen LogP contribution in [0.4, 0.5) is 0 Å². The van der Waals surface area contributed by atoms with Crippen molar-refractivity contribution in [2.45, 2.75) is 51.9 Å². The van der Waals surface area contributed by atoms with Crippen molar-refractivity contribution < 1.29 is 4.79 Å². The zero-order valence-corrected chi connectivity index (χ0v) is 13.3. The highest BCUT2D eigenvalue weighted by Crippen LogP contribution is 2.13. The molecule has 116 valence electrons. The van der Waals surface area contributed by atoms with E-state index >= 15 is 0 Å². The number of rotatable bonds is 6. The third-order valence-electron chi connectivity index (χ3n) is 3.83. The van der Waals surface area contributed by atoms with E-state index in [0.717, 1.165) is 26.1 Å². The fraction of sp³-hybridized carbons (Fsp3) is 0.588. The zero-order valence-electron chi connectivity index (χ0n) is 13.3. The molecule has 0 aromatic heterocycles. The Morgan fingerprint density at radius 1 is 1.29 bits per heavy atom. The SMILES string of the molecule is CC(C)NC(=O)C(C)NC1CCN(Cc2ccccc2)C1. The lowest BCUT2D eigenvalue weighted by Crippen LogP contribution is -2.48. The van der Waals surface area contributed by atoms with Gasteiger partial charge in [-0.2, -0.15) is 0 Å². The van der Waals surface area contributed by atoms with Gasteiger partial charge in [0.05, 0.1) is 6.04 Å². The molecule has 0 bridgehead atoms. The second kappa shape index (κ2) is 7.57. The van der Waals surface area contributed by atoms with Gasteiger partial charge in [-0.25, -0.2) is 0 Å². The van der Waals surface area contributed by atoms with E-state index in [4.69, 9.17) is 0 Å². The summed E-state index contributed by atoms with van der Waals surface area (Å²) in [6, 6.07) is 11.0. The van der Waals surface area contributed by atoms with E-state index in [9.17, 15) is 4.79 Å². The molecule has 4 nitrogen and oxygen atoms in total. The molecule has 4 heteroatoms. The van der Waals surface area contributed by atoms with Crippen molar-refractivity contribution in [2.24, 2.45) is 0 Å². The number of nitrogens with zero attached hydrogens (tertiary/aromatic N) is 1. The van der Waals surface area contributed by atoms with Crippen molar-refractivity contribution in [3.05, 3.63) is 35.9 Å². The van der Waals surface area contributed by atoms with Crippen molar-refractivity contribution in [1.82, 2.24) is 15.5 Å². The van der Waals surface area contributed by atoms with Gasteiger partial charge >= 0.3 is 0 Å². The van der Waals surface area contributed by atoms with Gasteiger partial charge in [0.2, 0.25) is 5.91 Å². The summed E-state index contributed by atoms with van der Waals surface area (Å²) >= 11 is 0. The molecule has 1 aliphatic heterocycles. The van der Waals surface area contributed by atoms with Crippen LogP contribution >= 0.6 is 0 Å². The Balaban J connectivity index is 1.76. The van der Waals surface area contributed by atoms with Crippen LogP contribution in [0.1, 0.15) is 32.8 Å². The Hall–Kier alpha value is -1.39. The maximum Gasteiger partial charge on any atom is 0.237 e. The van der Waals surface area contributed by atoms with E-state index in [1.54, 1.807) is 0 Å². The minimum Gasteiger partial charge on any atom is -0.353 e. The Kier molecular flexibility index (Phi) is 5.76. The molecule has 1 heterocycles. The van der Waals surface area contributed by atoms with Crippen LogP contribution in [-0.4, -0.2) is 42.0 Å². The van der Waals surface area contributed by atoms with Crippen LogP contribution < -0.4 is 10.6 Å². The first-order valence-corrected chi connectivity index (χ1v) is 7.87. The topological polar surface area (TPSA) is 44.4 Å². The third kappa shape index (κ3) is 5.14. The number of carbonyl (C=O) groups excluding carboxylic acids is 1. The van der Waals surface area contributed by atoms with Crippen LogP contribution in [-0.2, 0) is 11.3 Å². The Bertz CT molecular complexity index is 447. The monoisotopic (exact) mass is 289 g/mol. The summed E-state index contributed by atoms with van der Waals surface area (Å²) in [5.41, 5.74) is 1.35. The molecule has 2 N–H and O–H groups in total. The van der Waals surface area contributed by atoms with Crippen LogP contribution in [0.2, 0.25) is 0 Å². The normalized spacial score (nSPS) is 20.7. The van der Waals surface area contributed by atoms with Gasteiger partial charge < -0.3 is 10.6 Å². The second-order valence-electron chi connectivity index (χ2n) is 6.26. The van der Waals surface area contributed by atoms with Crippen LogP contribution in [0.15, 0.2) is 30.3 Å². The second-order valence-corrected chi connectivity index (χ2v) is 6.26. The van der Waals surface area contributed by atoms with Crippen molar-refractivity contribution >= 4 is 5.91 Å². The van der Waals surface area contributed by atoms with Gasteiger partial charge in [-0.15, -0.1) is 0 Å². The quantitative estimate of drug-likeness (QED) is 0.839. The predicted molar refractivity (Wildman–Crippen MR) is 86.0 cm³/mol. The van der Waals surface area contributed by atoms with Crippen molar-refractivity contribution in [1.29, 1.82) is 0 Å². The largest absolute Gasteiger partial charge is 0.353 e. The summed E-state index contributed by atoms with van der Waals surface area (Å²) < 4.78 is 0. The highest BCUT2D eigenvalue weighted by atomic mass is 16.2. The summed E-state index contributed by atoms with van der Waals surface area (Å²) in [6.07, 6.45) is 1.10. The molecular weight excluding hydrogens is 262 g/mol. The van der Waals surface area contributed by atoms with Crippen LogP contribution in [0, 0.1) is 0 Å². The lowest BCUT2D eigenvalue weighted by molar-refractivity contribution is -0.123. The van der Waals surface area contributed by atoms with E-state index in [1.165, 1.54) is 5.56 Å². The fourth-order valence-corrected chi connectivity index (χ4v) is 2.79. The average Bonchev–Trinajstić information content (AvgIpc) is 2.86. The van der Waals surface area contributed by atoms with Gasteiger partial charge in [-0.05, 0) is 32.8 Å². The van der Waals surface area contributed by atoms with E-state index in [0.29, 0.717) is 6.04 Å². The minimum absolute atomic E-state index is 0.0894. The summed E-state index contributed by atoms with van der Waals surface area (Å²) in [7, 11) is 0. The van der Waals surface area contributed by atoms with Gasteiger partial charge in [0, 0.05) is 31.7 Å². The molecule has 0 spiro atoms. The molecule has 0 saturated carbocycles. The average molecular weight is 289 g/mol. The van der Waals surface area contributed by atoms with Crippen LogP contribution in [0.5, 0.6) is 0 Å². The summed E-state index contributed by atoms with van der Waals surface area (Å²) in [5.74, 6) is 0.0894. The molecule has 1 aromatic rings. The molecular formula is C17H27N3O. The van der Waals surface area contributed by atoms with Gasteiger partial charge in [-0.3, -0.25) is 9.69 Å². The predicted octanol–water partition coefficient (Wildman–Crippen LogP) is 1.76. The standard InChI is InChI=1S/C17H27N3O/c1-13(2)18-17(21)14(3)19-16-9-10-20(12-16)11-15-7-5-4-6-8-15/h4-8,13-14,16,19H,9-12H2,1-3H3,(H,18,21). The van der Waals surface area contributed by atoms with Gasteiger partial charge in [-0.1, -0.05) is 30.3 Å². The van der Waals surface area contributed by atoms with Gasteiger partial charge in [0.15, 0.2) is 0 Å². The molecule has 1 aromatic carbocycles. The molecule has 1 aliphatic rings. The third-order valence-corrected chi connectivity index (χ3v) is 3.83. The van der Waals surface area contributed by atoms with Crippen molar-refractivity contribution in [3.63, 3.8) is 0 Å². The number of benzene rings is 1. The number of likely N-dealkylation sites (tertiary alicyclic amines) is 1. The summed E-state index contributed by atoms with van der Waals surface area (Å²) in [6.45, 7) is 9.01. The minimum atomic E-state index is -0.130. The van der Waals surface area contributed by atoms with Crippen LogP contribution in [0.3, 0.4) is 0 Å². The molecule has 21 heavy (non-hydrogen) atoms. The number of nitrogens with one attached hydrogen (secondary N) is 2. The van der Waals surface area contributed by atoms with E-state index in [2.05, 4.69) is 39.8 Å². The Labute approximate surface area is 127 Å². The summed E-state index contributed by atoms with van der Waals surface area (Å²) in [4.78, 5) is 14.4.